The minimum atomic E-state index is 0.805. The fraction of sp³-hybridized carbons (Fsp3) is 0.400. The molecular formula is C15H22N4. The van der Waals surface area contributed by atoms with E-state index in [9.17, 15) is 0 Å². The van der Waals surface area contributed by atoms with Crippen LogP contribution in [-0.4, -0.2) is 29.2 Å². The summed E-state index contributed by atoms with van der Waals surface area (Å²) in [5.74, 6) is 0. The van der Waals surface area contributed by atoms with E-state index in [2.05, 4.69) is 65.7 Å². The Kier molecular flexibility index (Phi) is 4.22. The van der Waals surface area contributed by atoms with Crippen molar-refractivity contribution < 1.29 is 0 Å². The number of aromatic nitrogens is 2. The van der Waals surface area contributed by atoms with E-state index in [1.165, 1.54) is 11.1 Å². The van der Waals surface area contributed by atoms with Crippen LogP contribution in [0.5, 0.6) is 0 Å². The maximum atomic E-state index is 4.21. The van der Waals surface area contributed by atoms with Crippen molar-refractivity contribution in [3.05, 3.63) is 46.8 Å². The van der Waals surface area contributed by atoms with Crippen LogP contribution in [-0.2, 0) is 13.1 Å². The number of hydrogen-bond acceptors (Lipinski definition) is 3. The summed E-state index contributed by atoms with van der Waals surface area (Å²) in [6.07, 6.45) is 0. The average Bonchev–Trinajstić information content (AvgIpc) is 2.66. The van der Waals surface area contributed by atoms with Gasteiger partial charge in [0, 0.05) is 30.0 Å². The van der Waals surface area contributed by atoms with Crippen LogP contribution in [0, 0.1) is 13.8 Å². The maximum Gasteiger partial charge on any atom is 0.0643 e. The Morgan fingerprint density at radius 2 is 2.05 bits per heavy atom. The van der Waals surface area contributed by atoms with Crippen LogP contribution in [0.15, 0.2) is 24.3 Å². The lowest BCUT2D eigenvalue weighted by atomic mass is 10.1. The largest absolute Gasteiger partial charge is 0.381 e. The summed E-state index contributed by atoms with van der Waals surface area (Å²) in [5.41, 5.74) is 5.91. The normalized spacial score (nSPS) is 11.0. The standard InChI is InChI=1S/C15H22N4/c1-11-15(12(2)18-17-11)9-16-14-7-5-6-13(8-14)10-19(3)4/h5-8,16H,9-10H2,1-4H3,(H,17,18). The molecule has 0 radical (unpaired) electrons. The zero-order valence-electron chi connectivity index (χ0n) is 12.1. The lowest BCUT2D eigenvalue weighted by molar-refractivity contribution is 0.402. The molecule has 1 aromatic carbocycles. The lowest BCUT2D eigenvalue weighted by Gasteiger charge is -2.12. The highest BCUT2D eigenvalue weighted by Gasteiger charge is 2.05. The van der Waals surface area contributed by atoms with E-state index in [-0.39, 0.29) is 0 Å². The molecule has 102 valence electrons. The van der Waals surface area contributed by atoms with Gasteiger partial charge in [-0.15, -0.1) is 0 Å². The Morgan fingerprint density at radius 1 is 1.26 bits per heavy atom. The highest BCUT2D eigenvalue weighted by Crippen LogP contribution is 2.15. The molecule has 0 atom stereocenters. The topological polar surface area (TPSA) is 44.0 Å². The van der Waals surface area contributed by atoms with E-state index in [0.717, 1.165) is 30.2 Å². The second-order valence-electron chi connectivity index (χ2n) is 5.20. The first-order chi connectivity index (χ1) is 9.06. The first-order valence-corrected chi connectivity index (χ1v) is 6.54. The molecule has 0 amide bonds. The minimum absolute atomic E-state index is 0.805. The van der Waals surface area contributed by atoms with Gasteiger partial charge in [-0.25, -0.2) is 0 Å². The summed E-state index contributed by atoms with van der Waals surface area (Å²) in [6, 6.07) is 8.55. The number of benzene rings is 1. The van der Waals surface area contributed by atoms with Crippen LogP contribution in [0.2, 0.25) is 0 Å². The van der Waals surface area contributed by atoms with E-state index in [4.69, 9.17) is 0 Å². The molecule has 0 spiro atoms. The van der Waals surface area contributed by atoms with Gasteiger partial charge in [0.2, 0.25) is 0 Å². The molecule has 0 saturated carbocycles. The average molecular weight is 258 g/mol. The lowest BCUT2D eigenvalue weighted by Crippen LogP contribution is -2.10. The van der Waals surface area contributed by atoms with Gasteiger partial charge in [0.1, 0.15) is 0 Å². The maximum absolute atomic E-state index is 4.21. The van der Waals surface area contributed by atoms with Gasteiger partial charge in [0.15, 0.2) is 0 Å². The van der Waals surface area contributed by atoms with E-state index in [1.807, 2.05) is 6.92 Å². The van der Waals surface area contributed by atoms with Gasteiger partial charge in [-0.3, -0.25) is 5.10 Å². The third kappa shape index (κ3) is 3.58. The molecule has 0 aliphatic heterocycles. The monoisotopic (exact) mass is 258 g/mol. The second-order valence-corrected chi connectivity index (χ2v) is 5.20. The molecule has 0 bridgehead atoms. The number of aryl methyl sites for hydroxylation is 2. The second kappa shape index (κ2) is 5.89. The van der Waals surface area contributed by atoms with Crippen molar-refractivity contribution in [3.63, 3.8) is 0 Å². The molecule has 0 fully saturated rings. The Labute approximate surface area is 114 Å². The van der Waals surface area contributed by atoms with Gasteiger partial charge in [0.05, 0.1) is 5.69 Å². The number of H-pyrrole nitrogens is 1. The molecule has 1 aromatic heterocycles. The quantitative estimate of drug-likeness (QED) is 0.866. The summed E-state index contributed by atoms with van der Waals surface area (Å²) in [5, 5.41) is 10.7. The van der Waals surface area contributed by atoms with Crippen molar-refractivity contribution in [2.75, 3.05) is 19.4 Å². The van der Waals surface area contributed by atoms with Crippen LogP contribution in [0.3, 0.4) is 0 Å². The van der Waals surface area contributed by atoms with Crippen molar-refractivity contribution in [1.29, 1.82) is 0 Å². The minimum Gasteiger partial charge on any atom is -0.381 e. The van der Waals surface area contributed by atoms with Crippen LogP contribution < -0.4 is 5.32 Å². The fourth-order valence-electron chi connectivity index (χ4n) is 2.17. The molecular weight excluding hydrogens is 236 g/mol. The Hall–Kier alpha value is -1.81. The van der Waals surface area contributed by atoms with Gasteiger partial charge < -0.3 is 10.2 Å². The van der Waals surface area contributed by atoms with Crippen LogP contribution in [0.25, 0.3) is 0 Å². The smallest absolute Gasteiger partial charge is 0.0643 e. The van der Waals surface area contributed by atoms with Gasteiger partial charge in [-0.2, -0.15) is 5.10 Å². The summed E-state index contributed by atoms with van der Waals surface area (Å²) in [6.45, 7) is 5.85. The Morgan fingerprint density at radius 3 is 2.68 bits per heavy atom. The van der Waals surface area contributed by atoms with Gasteiger partial charge in [-0.05, 0) is 45.6 Å². The zero-order valence-corrected chi connectivity index (χ0v) is 12.1. The summed E-state index contributed by atoms with van der Waals surface area (Å²) in [7, 11) is 4.16. The highest BCUT2D eigenvalue weighted by molar-refractivity contribution is 5.46. The van der Waals surface area contributed by atoms with Crippen molar-refractivity contribution in [3.8, 4) is 0 Å². The van der Waals surface area contributed by atoms with Gasteiger partial charge in [-0.1, -0.05) is 12.1 Å². The molecule has 2 rings (SSSR count). The molecule has 0 saturated heterocycles. The SMILES string of the molecule is Cc1n[nH]c(C)c1CNc1cccc(CN(C)C)c1. The van der Waals surface area contributed by atoms with E-state index in [1.54, 1.807) is 0 Å². The molecule has 0 aliphatic carbocycles. The third-order valence-corrected chi connectivity index (χ3v) is 3.18. The molecule has 4 heteroatoms. The molecule has 4 nitrogen and oxygen atoms in total. The third-order valence-electron chi connectivity index (χ3n) is 3.18. The molecule has 0 unspecified atom stereocenters. The first-order valence-electron chi connectivity index (χ1n) is 6.54. The number of nitrogens with one attached hydrogen (secondary N) is 2. The molecule has 1 heterocycles. The molecule has 2 aromatic rings. The fourth-order valence-corrected chi connectivity index (χ4v) is 2.17. The van der Waals surface area contributed by atoms with E-state index < -0.39 is 0 Å². The number of aromatic amines is 1. The zero-order chi connectivity index (χ0) is 13.8. The molecule has 0 aliphatic rings. The van der Waals surface area contributed by atoms with Crippen LogP contribution in [0.4, 0.5) is 5.69 Å². The van der Waals surface area contributed by atoms with Crippen molar-refractivity contribution in [1.82, 2.24) is 15.1 Å². The summed E-state index contributed by atoms with van der Waals surface area (Å²) < 4.78 is 0. The van der Waals surface area contributed by atoms with E-state index >= 15 is 0 Å². The van der Waals surface area contributed by atoms with Crippen LogP contribution in [0.1, 0.15) is 22.5 Å². The van der Waals surface area contributed by atoms with Crippen molar-refractivity contribution >= 4 is 5.69 Å². The van der Waals surface area contributed by atoms with Crippen LogP contribution >= 0.6 is 0 Å². The summed E-state index contributed by atoms with van der Waals surface area (Å²) in [4.78, 5) is 2.17. The molecule has 2 N–H and O–H groups in total. The van der Waals surface area contributed by atoms with E-state index in [0.29, 0.717) is 0 Å². The Balaban J connectivity index is 2.03. The van der Waals surface area contributed by atoms with Gasteiger partial charge >= 0.3 is 0 Å². The number of hydrogen-bond donors (Lipinski definition) is 2. The molecule has 19 heavy (non-hydrogen) atoms. The Bertz CT molecular complexity index is 523. The summed E-state index contributed by atoms with van der Waals surface area (Å²) >= 11 is 0. The predicted molar refractivity (Wildman–Crippen MR) is 79.2 cm³/mol. The van der Waals surface area contributed by atoms with Crippen molar-refractivity contribution in [2.24, 2.45) is 0 Å². The van der Waals surface area contributed by atoms with Gasteiger partial charge in [0.25, 0.3) is 0 Å². The highest BCUT2D eigenvalue weighted by atomic mass is 15.1. The number of nitrogens with zero attached hydrogens (tertiary/aromatic N) is 2. The first kappa shape index (κ1) is 13.6. The van der Waals surface area contributed by atoms with Crippen molar-refractivity contribution in [2.45, 2.75) is 26.9 Å². The number of rotatable bonds is 5. The number of anilines is 1. The predicted octanol–water partition coefficient (Wildman–Crippen LogP) is 2.70.